The van der Waals surface area contributed by atoms with Crippen molar-refractivity contribution in [1.29, 1.82) is 0 Å². The summed E-state index contributed by atoms with van der Waals surface area (Å²) in [5.41, 5.74) is 0.499. The number of nitrogens with one attached hydrogen (secondary N) is 2. The first-order valence-electron chi connectivity index (χ1n) is 6.48. The molecule has 106 valence electrons. The summed E-state index contributed by atoms with van der Waals surface area (Å²) in [6, 6.07) is 0.829. The molecule has 0 amide bonds. The van der Waals surface area contributed by atoms with E-state index in [1.807, 2.05) is 0 Å². The summed E-state index contributed by atoms with van der Waals surface area (Å²) < 4.78 is 1.72. The quantitative estimate of drug-likeness (QED) is 0.751. The highest BCUT2D eigenvalue weighted by Gasteiger charge is 2.19. The lowest BCUT2D eigenvalue weighted by Gasteiger charge is -2.29. The van der Waals surface area contributed by atoms with E-state index in [1.165, 1.54) is 4.68 Å². The molecule has 0 saturated carbocycles. The van der Waals surface area contributed by atoms with Gasteiger partial charge in [0.05, 0.1) is 25.0 Å². The standard InChI is InChI=1S/C12H19BrN4O2/c1-8-6-9(2-3-14-8)16-10-7-15-17(4-5-18)12(19)11(10)13/h7-9,14,16,18H,2-6H2,1H3. The van der Waals surface area contributed by atoms with Gasteiger partial charge in [0.2, 0.25) is 0 Å². The summed E-state index contributed by atoms with van der Waals surface area (Å²) in [5.74, 6) is 0. The topological polar surface area (TPSA) is 79.2 Å². The van der Waals surface area contributed by atoms with Crippen LogP contribution in [0.2, 0.25) is 0 Å². The maximum absolute atomic E-state index is 12.0. The molecule has 1 aliphatic heterocycles. The number of aliphatic hydroxyl groups excluding tert-OH is 1. The van der Waals surface area contributed by atoms with Crippen LogP contribution in [-0.4, -0.2) is 40.1 Å². The van der Waals surface area contributed by atoms with Crippen LogP contribution in [0, 0.1) is 0 Å². The summed E-state index contributed by atoms with van der Waals surface area (Å²) in [4.78, 5) is 12.0. The second kappa shape index (κ2) is 6.49. The van der Waals surface area contributed by atoms with Gasteiger partial charge in [-0.1, -0.05) is 0 Å². The first-order chi connectivity index (χ1) is 9.11. The number of aliphatic hydroxyl groups is 1. The lowest BCUT2D eigenvalue weighted by atomic mass is 10.0. The van der Waals surface area contributed by atoms with Crippen LogP contribution < -0.4 is 16.2 Å². The van der Waals surface area contributed by atoms with Gasteiger partial charge in [-0.2, -0.15) is 5.10 Å². The zero-order chi connectivity index (χ0) is 13.8. The Balaban J connectivity index is 2.12. The maximum atomic E-state index is 12.0. The number of aromatic nitrogens is 2. The van der Waals surface area contributed by atoms with Crippen LogP contribution in [0.3, 0.4) is 0 Å². The van der Waals surface area contributed by atoms with Gasteiger partial charge in [0.1, 0.15) is 4.47 Å². The predicted octanol–water partition coefficient (Wildman–Crippen LogP) is 0.550. The van der Waals surface area contributed by atoms with Gasteiger partial charge < -0.3 is 15.7 Å². The van der Waals surface area contributed by atoms with Gasteiger partial charge in [0.25, 0.3) is 5.56 Å². The van der Waals surface area contributed by atoms with Crippen molar-refractivity contribution in [2.75, 3.05) is 18.5 Å². The molecule has 1 saturated heterocycles. The SMILES string of the molecule is CC1CC(Nc2cnn(CCO)c(=O)c2Br)CCN1. The third kappa shape index (κ3) is 3.55. The highest BCUT2D eigenvalue weighted by atomic mass is 79.9. The minimum absolute atomic E-state index is 0.0993. The van der Waals surface area contributed by atoms with E-state index in [9.17, 15) is 4.79 Å². The first kappa shape index (κ1) is 14.5. The summed E-state index contributed by atoms with van der Waals surface area (Å²) >= 11 is 3.31. The molecule has 0 spiro atoms. The second-order valence-corrected chi connectivity index (χ2v) is 5.64. The Morgan fingerprint density at radius 1 is 1.68 bits per heavy atom. The van der Waals surface area contributed by atoms with Crippen molar-refractivity contribution in [1.82, 2.24) is 15.1 Å². The molecule has 0 bridgehead atoms. The molecule has 2 heterocycles. The molecule has 0 aliphatic carbocycles. The van der Waals surface area contributed by atoms with E-state index >= 15 is 0 Å². The van der Waals surface area contributed by atoms with Crippen LogP contribution in [-0.2, 0) is 6.54 Å². The molecule has 2 atom stereocenters. The molecule has 2 rings (SSSR count). The van der Waals surface area contributed by atoms with Crippen molar-refractivity contribution in [3.63, 3.8) is 0 Å². The second-order valence-electron chi connectivity index (χ2n) is 4.84. The molecule has 19 heavy (non-hydrogen) atoms. The highest BCUT2D eigenvalue weighted by molar-refractivity contribution is 9.10. The average Bonchev–Trinajstić information content (AvgIpc) is 2.39. The van der Waals surface area contributed by atoms with E-state index in [1.54, 1.807) is 6.20 Å². The summed E-state index contributed by atoms with van der Waals surface area (Å²) in [6.07, 6.45) is 3.68. The molecule has 1 aromatic rings. The summed E-state index contributed by atoms with van der Waals surface area (Å²) in [6.45, 7) is 3.24. The Hall–Kier alpha value is -0.920. The fourth-order valence-electron chi connectivity index (χ4n) is 2.30. The molecular formula is C12H19BrN4O2. The molecule has 7 heteroatoms. The smallest absolute Gasteiger partial charge is 0.283 e. The Kier molecular flexibility index (Phi) is 4.95. The third-order valence-corrected chi connectivity index (χ3v) is 4.05. The van der Waals surface area contributed by atoms with Crippen LogP contribution in [0.25, 0.3) is 0 Å². The largest absolute Gasteiger partial charge is 0.394 e. The Morgan fingerprint density at radius 3 is 3.16 bits per heavy atom. The number of hydrogen-bond donors (Lipinski definition) is 3. The first-order valence-corrected chi connectivity index (χ1v) is 7.27. The van der Waals surface area contributed by atoms with Crippen LogP contribution in [0.1, 0.15) is 19.8 Å². The molecule has 0 aromatic carbocycles. The minimum Gasteiger partial charge on any atom is -0.394 e. The Labute approximate surface area is 120 Å². The number of rotatable bonds is 4. The maximum Gasteiger partial charge on any atom is 0.283 e. The van der Waals surface area contributed by atoms with E-state index in [2.05, 4.69) is 38.6 Å². The van der Waals surface area contributed by atoms with E-state index in [4.69, 9.17) is 5.11 Å². The average molecular weight is 331 g/mol. The molecule has 3 N–H and O–H groups in total. The van der Waals surface area contributed by atoms with Crippen LogP contribution >= 0.6 is 15.9 Å². The molecule has 1 fully saturated rings. The molecule has 1 aliphatic rings. The van der Waals surface area contributed by atoms with E-state index < -0.39 is 0 Å². The normalized spacial score (nSPS) is 23.3. The van der Waals surface area contributed by atoms with Gasteiger partial charge in [-0.25, -0.2) is 4.68 Å². The van der Waals surface area contributed by atoms with Crippen molar-refractivity contribution in [2.24, 2.45) is 0 Å². The van der Waals surface area contributed by atoms with Gasteiger partial charge in [-0.15, -0.1) is 0 Å². The Morgan fingerprint density at radius 2 is 2.47 bits per heavy atom. The van der Waals surface area contributed by atoms with E-state index in [0.29, 0.717) is 16.6 Å². The summed E-state index contributed by atoms with van der Waals surface area (Å²) in [7, 11) is 0. The van der Waals surface area contributed by atoms with Crippen LogP contribution in [0.5, 0.6) is 0 Å². The molecule has 0 radical (unpaired) electrons. The zero-order valence-corrected chi connectivity index (χ0v) is 12.5. The van der Waals surface area contributed by atoms with Crippen molar-refractivity contribution in [2.45, 2.75) is 38.4 Å². The summed E-state index contributed by atoms with van der Waals surface area (Å²) in [5, 5.41) is 19.7. The van der Waals surface area contributed by atoms with E-state index in [0.717, 1.165) is 25.1 Å². The molecule has 6 nitrogen and oxygen atoms in total. The molecular weight excluding hydrogens is 312 g/mol. The minimum atomic E-state index is -0.221. The van der Waals surface area contributed by atoms with Crippen molar-refractivity contribution < 1.29 is 5.11 Å². The number of hydrogen-bond acceptors (Lipinski definition) is 5. The van der Waals surface area contributed by atoms with Crippen molar-refractivity contribution in [3.05, 3.63) is 21.0 Å². The fraction of sp³-hybridized carbons (Fsp3) is 0.667. The van der Waals surface area contributed by atoms with Crippen LogP contribution in [0.15, 0.2) is 15.5 Å². The predicted molar refractivity (Wildman–Crippen MR) is 77.4 cm³/mol. The lowest BCUT2D eigenvalue weighted by Crippen LogP contribution is -2.41. The van der Waals surface area contributed by atoms with E-state index in [-0.39, 0.29) is 18.7 Å². The molecule has 2 unspecified atom stereocenters. The van der Waals surface area contributed by atoms with Gasteiger partial charge in [-0.3, -0.25) is 4.79 Å². The van der Waals surface area contributed by atoms with Crippen molar-refractivity contribution >= 4 is 21.6 Å². The number of anilines is 1. The van der Waals surface area contributed by atoms with Gasteiger partial charge >= 0.3 is 0 Å². The van der Waals surface area contributed by atoms with Gasteiger partial charge in [0, 0.05) is 12.1 Å². The zero-order valence-electron chi connectivity index (χ0n) is 10.9. The number of nitrogens with zero attached hydrogens (tertiary/aromatic N) is 2. The van der Waals surface area contributed by atoms with Gasteiger partial charge in [0.15, 0.2) is 0 Å². The fourth-order valence-corrected chi connectivity index (χ4v) is 2.72. The lowest BCUT2D eigenvalue weighted by molar-refractivity contribution is 0.266. The number of halogens is 1. The van der Waals surface area contributed by atoms with Crippen molar-refractivity contribution in [3.8, 4) is 0 Å². The highest BCUT2D eigenvalue weighted by Crippen LogP contribution is 2.20. The third-order valence-electron chi connectivity index (χ3n) is 3.28. The molecule has 1 aromatic heterocycles. The number of piperidine rings is 1. The Bertz CT molecular complexity index is 491. The monoisotopic (exact) mass is 330 g/mol. The van der Waals surface area contributed by atoms with Crippen LogP contribution in [0.4, 0.5) is 5.69 Å². The van der Waals surface area contributed by atoms with Gasteiger partial charge in [-0.05, 0) is 42.2 Å².